The first-order valence-corrected chi connectivity index (χ1v) is 1.44. The van der Waals surface area contributed by atoms with Crippen molar-refractivity contribution >= 4 is 0 Å². The van der Waals surface area contributed by atoms with Crippen LogP contribution in [0.2, 0.25) is 0 Å². The molecule has 0 heterocycles. The first-order chi connectivity index (χ1) is 2.77. The highest BCUT2D eigenvalue weighted by molar-refractivity contribution is 4.72. The van der Waals surface area contributed by atoms with Crippen LogP contribution in [0.25, 0.3) is 0 Å². The van der Waals surface area contributed by atoms with E-state index in [0.29, 0.717) is 6.26 Å². The molecule has 36 valence electrons. The minimum atomic E-state index is -1.53. The molecule has 0 atom stereocenters. The van der Waals surface area contributed by atoms with Crippen LogP contribution < -0.4 is 0 Å². The molecule has 3 N–H and O–H groups in total. The Balaban J connectivity index is 3.03. The summed E-state index contributed by atoms with van der Waals surface area (Å²) in [5, 5.41) is 23.5. The molecule has 0 spiro atoms. The molecule has 0 saturated heterocycles. The van der Waals surface area contributed by atoms with Gasteiger partial charge >= 0.3 is 0 Å². The Labute approximate surface area is 35.2 Å². The summed E-state index contributed by atoms with van der Waals surface area (Å²) in [5.74, 6) is 0. The summed E-state index contributed by atoms with van der Waals surface area (Å²) >= 11 is 0. The summed E-state index contributed by atoms with van der Waals surface area (Å²) in [7, 11) is 0. The summed E-state index contributed by atoms with van der Waals surface area (Å²) in [6.45, 7) is 0. The van der Waals surface area contributed by atoms with E-state index in [4.69, 9.17) is 15.3 Å². The van der Waals surface area contributed by atoms with Gasteiger partial charge in [-0.3, -0.25) is 0 Å². The summed E-state index contributed by atoms with van der Waals surface area (Å²) in [6.07, 6.45) is -0.125. The van der Waals surface area contributed by atoms with E-state index in [9.17, 15) is 0 Å². The van der Waals surface area contributed by atoms with Gasteiger partial charge in [0.05, 0.1) is 6.26 Å². The van der Waals surface area contributed by atoms with Crippen LogP contribution in [0.15, 0.2) is 12.3 Å². The molecule has 0 aliphatic carbocycles. The monoisotopic (exact) mass is 90.0 g/mol. The van der Waals surface area contributed by atoms with Crippen LogP contribution in [0.3, 0.4) is 0 Å². The standard InChI is InChI=1S/C3H6O3/c4-2-1-3(5)6/h1-6H. The van der Waals surface area contributed by atoms with Crippen molar-refractivity contribution in [2.75, 3.05) is 0 Å². The minimum Gasteiger partial charge on any atom is -0.516 e. The lowest BCUT2D eigenvalue weighted by Crippen LogP contribution is -1.96. The molecule has 0 radical (unpaired) electrons. The van der Waals surface area contributed by atoms with Crippen LogP contribution in [-0.2, 0) is 0 Å². The Kier molecular flexibility index (Phi) is 2.44. The van der Waals surface area contributed by atoms with E-state index in [1.807, 2.05) is 0 Å². The molecule has 0 aromatic carbocycles. The van der Waals surface area contributed by atoms with Crippen LogP contribution in [0.1, 0.15) is 0 Å². The molecule has 0 bridgehead atoms. The fourth-order valence-electron chi connectivity index (χ4n) is 0.0770. The van der Waals surface area contributed by atoms with Crippen LogP contribution in [0.5, 0.6) is 0 Å². The molecule has 0 aliphatic heterocycles. The molecule has 0 rings (SSSR count). The molecule has 0 aromatic rings. The average Bonchev–Trinajstić information content (AvgIpc) is 1.35. The van der Waals surface area contributed by atoms with Crippen molar-refractivity contribution in [2.45, 2.75) is 6.29 Å². The molecule has 0 aromatic heterocycles. The summed E-state index contributed by atoms with van der Waals surface area (Å²) in [6, 6.07) is 0. The predicted octanol–water partition coefficient (Wildman–Crippen LogP) is -0.631. The van der Waals surface area contributed by atoms with E-state index in [0.717, 1.165) is 6.08 Å². The average molecular weight is 90.1 g/mol. The lowest BCUT2D eigenvalue weighted by Gasteiger charge is -1.86. The number of hydrogen-bond donors (Lipinski definition) is 3. The van der Waals surface area contributed by atoms with Gasteiger partial charge in [-0.2, -0.15) is 0 Å². The Hall–Kier alpha value is -0.540. The summed E-state index contributed by atoms with van der Waals surface area (Å²) in [4.78, 5) is 0. The zero-order valence-corrected chi connectivity index (χ0v) is 3.07. The van der Waals surface area contributed by atoms with E-state index < -0.39 is 6.29 Å². The third-order valence-electron chi connectivity index (χ3n) is 0.258. The van der Waals surface area contributed by atoms with E-state index in [-0.39, 0.29) is 0 Å². The highest BCUT2D eigenvalue weighted by Crippen LogP contribution is 1.72. The summed E-state index contributed by atoms with van der Waals surface area (Å²) in [5.41, 5.74) is 0. The smallest absolute Gasteiger partial charge is 0.174 e. The zero-order valence-electron chi connectivity index (χ0n) is 3.07. The topological polar surface area (TPSA) is 60.7 Å². The van der Waals surface area contributed by atoms with E-state index >= 15 is 0 Å². The van der Waals surface area contributed by atoms with Gasteiger partial charge in [-0.05, 0) is 0 Å². The fraction of sp³-hybridized carbons (Fsp3) is 0.333. The lowest BCUT2D eigenvalue weighted by molar-refractivity contribution is 0.00107. The van der Waals surface area contributed by atoms with Crippen molar-refractivity contribution in [3.63, 3.8) is 0 Å². The van der Waals surface area contributed by atoms with Crippen molar-refractivity contribution in [1.29, 1.82) is 0 Å². The van der Waals surface area contributed by atoms with Gasteiger partial charge in [0.15, 0.2) is 6.29 Å². The van der Waals surface area contributed by atoms with Gasteiger partial charge in [0.2, 0.25) is 0 Å². The maximum atomic E-state index is 7.86. The van der Waals surface area contributed by atoms with Crippen LogP contribution in [-0.4, -0.2) is 21.6 Å². The quantitative estimate of drug-likeness (QED) is 0.297. The molecule has 0 saturated carbocycles. The zero-order chi connectivity index (χ0) is 4.99. The first-order valence-electron chi connectivity index (χ1n) is 1.44. The molecule has 0 aliphatic rings. The van der Waals surface area contributed by atoms with Gasteiger partial charge in [0, 0.05) is 6.08 Å². The van der Waals surface area contributed by atoms with Crippen LogP contribution in [0.4, 0.5) is 0 Å². The Morgan fingerprint density at radius 2 is 1.83 bits per heavy atom. The largest absolute Gasteiger partial charge is 0.516 e. The third-order valence-corrected chi connectivity index (χ3v) is 0.258. The molecule has 3 nitrogen and oxygen atoms in total. The van der Waals surface area contributed by atoms with E-state index in [2.05, 4.69) is 0 Å². The Bertz CT molecular complexity index is 48.0. The van der Waals surface area contributed by atoms with Gasteiger partial charge in [0.1, 0.15) is 0 Å². The van der Waals surface area contributed by atoms with Gasteiger partial charge in [-0.15, -0.1) is 0 Å². The number of aliphatic hydroxyl groups excluding tert-OH is 2. The molecule has 3 heteroatoms. The number of hydrogen-bond acceptors (Lipinski definition) is 3. The molecule has 0 amide bonds. The van der Waals surface area contributed by atoms with Gasteiger partial charge < -0.3 is 15.3 Å². The Morgan fingerprint density at radius 1 is 1.33 bits per heavy atom. The molecular formula is C3H6O3. The number of aliphatic hydroxyl groups is 3. The van der Waals surface area contributed by atoms with Gasteiger partial charge in [-0.1, -0.05) is 0 Å². The highest BCUT2D eigenvalue weighted by atomic mass is 16.5. The normalized spacial score (nSPS) is 11.2. The highest BCUT2D eigenvalue weighted by Gasteiger charge is 1.81. The Morgan fingerprint density at radius 3 is 1.83 bits per heavy atom. The van der Waals surface area contributed by atoms with E-state index in [1.165, 1.54) is 0 Å². The van der Waals surface area contributed by atoms with Crippen LogP contribution >= 0.6 is 0 Å². The molecule has 0 fully saturated rings. The van der Waals surface area contributed by atoms with Gasteiger partial charge in [0.25, 0.3) is 0 Å². The predicted molar refractivity (Wildman–Crippen MR) is 20.0 cm³/mol. The van der Waals surface area contributed by atoms with Gasteiger partial charge in [-0.25, -0.2) is 0 Å². The second-order valence-electron chi connectivity index (χ2n) is 0.755. The maximum absolute atomic E-state index is 7.86. The second kappa shape index (κ2) is 2.68. The van der Waals surface area contributed by atoms with Crippen LogP contribution in [0, 0.1) is 0 Å². The second-order valence-corrected chi connectivity index (χ2v) is 0.755. The maximum Gasteiger partial charge on any atom is 0.174 e. The van der Waals surface area contributed by atoms with Crippen molar-refractivity contribution in [2.24, 2.45) is 0 Å². The van der Waals surface area contributed by atoms with Crippen molar-refractivity contribution in [3.8, 4) is 0 Å². The SMILES string of the molecule is OC=CC(O)O. The fourth-order valence-corrected chi connectivity index (χ4v) is 0.0770. The third kappa shape index (κ3) is 3.46. The molecular weight excluding hydrogens is 84.0 g/mol. The molecule has 0 unspecified atom stereocenters. The van der Waals surface area contributed by atoms with E-state index in [1.54, 1.807) is 0 Å². The lowest BCUT2D eigenvalue weighted by atomic mass is 10.6. The molecule has 6 heavy (non-hydrogen) atoms. The van der Waals surface area contributed by atoms with Crippen molar-refractivity contribution in [1.82, 2.24) is 0 Å². The summed E-state index contributed by atoms with van der Waals surface area (Å²) < 4.78 is 0. The van der Waals surface area contributed by atoms with Crippen molar-refractivity contribution < 1.29 is 15.3 Å². The van der Waals surface area contributed by atoms with Crippen molar-refractivity contribution in [3.05, 3.63) is 12.3 Å². The minimum absolute atomic E-state index is 0.574. The number of rotatable bonds is 1. The first kappa shape index (κ1) is 5.46.